The summed E-state index contributed by atoms with van der Waals surface area (Å²) in [6.45, 7) is 0. The summed E-state index contributed by atoms with van der Waals surface area (Å²) in [5, 5.41) is 8.49. The highest BCUT2D eigenvalue weighted by molar-refractivity contribution is 8.02. The smallest absolute Gasteiger partial charge is 0.140 e. The van der Waals surface area contributed by atoms with Gasteiger partial charge in [-0.05, 0) is 6.26 Å². The number of nitrogens with zero attached hydrogens (tertiary/aromatic N) is 1. The topological polar surface area (TPSA) is 75.8 Å². The Labute approximate surface area is 52.3 Å². The van der Waals surface area contributed by atoms with Crippen LogP contribution in [-0.4, -0.2) is 6.26 Å². The average molecular weight is 129 g/mol. The minimum Gasteiger partial charge on any atom is -0.391 e. The number of hydrogen-bond donors (Lipinski definition) is 2. The van der Waals surface area contributed by atoms with Crippen molar-refractivity contribution in [1.82, 2.24) is 0 Å². The van der Waals surface area contributed by atoms with Crippen molar-refractivity contribution in [3.05, 3.63) is 10.7 Å². The molecule has 0 saturated heterocycles. The summed E-state index contributed by atoms with van der Waals surface area (Å²) < 4.78 is 0. The second-order valence-electron chi connectivity index (χ2n) is 1.09. The second kappa shape index (κ2) is 3.22. The first kappa shape index (κ1) is 7.18. The van der Waals surface area contributed by atoms with Gasteiger partial charge in [-0.3, -0.25) is 0 Å². The second-order valence-corrected chi connectivity index (χ2v) is 1.94. The highest BCUT2D eigenvalue weighted by Crippen LogP contribution is 2.04. The molecule has 0 rings (SSSR count). The molecule has 0 aliphatic rings. The van der Waals surface area contributed by atoms with E-state index < -0.39 is 0 Å². The zero-order valence-electron chi connectivity index (χ0n) is 4.51. The van der Waals surface area contributed by atoms with Gasteiger partial charge >= 0.3 is 0 Å². The number of nitriles is 1. The van der Waals surface area contributed by atoms with Crippen LogP contribution in [0, 0.1) is 11.3 Å². The van der Waals surface area contributed by atoms with Gasteiger partial charge in [0.2, 0.25) is 0 Å². The van der Waals surface area contributed by atoms with Crippen molar-refractivity contribution >= 4 is 11.8 Å². The van der Waals surface area contributed by atoms with Gasteiger partial charge in [-0.1, -0.05) is 0 Å². The molecular formula is C4H7N3S. The molecule has 0 radical (unpaired) electrons. The normalized spacial score (nSPS) is 12.0. The molecule has 0 aliphatic heterocycles. The molecule has 0 amide bonds. The summed E-state index contributed by atoms with van der Waals surface area (Å²) in [7, 11) is 0. The largest absolute Gasteiger partial charge is 0.391 e. The van der Waals surface area contributed by atoms with Crippen LogP contribution in [0.3, 0.4) is 0 Å². The van der Waals surface area contributed by atoms with E-state index in [1.54, 1.807) is 12.3 Å². The minimum absolute atomic E-state index is 0.0949. The minimum atomic E-state index is 0.0949. The first-order valence-electron chi connectivity index (χ1n) is 1.91. The zero-order chi connectivity index (χ0) is 6.57. The van der Waals surface area contributed by atoms with Crippen molar-refractivity contribution in [2.24, 2.45) is 11.5 Å². The van der Waals surface area contributed by atoms with Gasteiger partial charge in [0.1, 0.15) is 11.8 Å². The standard InChI is InChI=1S/C4H7N3S/c1-8-4(7)3(6)2-5/h6-7H2,1H3. The molecule has 0 aromatic carbocycles. The number of nitrogens with two attached hydrogens (primary N) is 2. The van der Waals surface area contributed by atoms with Crippen LogP contribution in [0.25, 0.3) is 0 Å². The number of thioether (sulfide) groups is 1. The molecule has 0 heterocycles. The third-order valence-corrected chi connectivity index (χ3v) is 1.27. The Morgan fingerprint density at radius 3 is 2.25 bits per heavy atom. The van der Waals surface area contributed by atoms with Crippen LogP contribution in [-0.2, 0) is 0 Å². The Hall–Kier alpha value is -0.820. The Morgan fingerprint density at radius 2 is 2.12 bits per heavy atom. The maximum absolute atomic E-state index is 8.11. The summed E-state index contributed by atoms with van der Waals surface area (Å²) >= 11 is 1.27. The van der Waals surface area contributed by atoms with E-state index in [0.29, 0.717) is 5.03 Å². The molecule has 0 atom stereocenters. The van der Waals surface area contributed by atoms with Crippen molar-refractivity contribution in [2.75, 3.05) is 6.26 Å². The van der Waals surface area contributed by atoms with E-state index in [2.05, 4.69) is 0 Å². The van der Waals surface area contributed by atoms with Crippen LogP contribution >= 0.6 is 11.8 Å². The molecular weight excluding hydrogens is 122 g/mol. The quantitative estimate of drug-likeness (QED) is 0.487. The van der Waals surface area contributed by atoms with E-state index in [4.69, 9.17) is 16.7 Å². The van der Waals surface area contributed by atoms with Gasteiger partial charge in [0.15, 0.2) is 0 Å². The summed E-state index contributed by atoms with van der Waals surface area (Å²) in [6.07, 6.45) is 1.76. The molecule has 44 valence electrons. The number of allylic oxidation sites excluding steroid dienone is 1. The number of rotatable bonds is 1. The van der Waals surface area contributed by atoms with Crippen molar-refractivity contribution < 1.29 is 0 Å². The Bertz CT molecular complexity index is 144. The van der Waals surface area contributed by atoms with Crippen molar-refractivity contribution in [3.63, 3.8) is 0 Å². The van der Waals surface area contributed by atoms with Crippen molar-refractivity contribution in [2.45, 2.75) is 0 Å². The molecule has 3 nitrogen and oxygen atoms in total. The zero-order valence-corrected chi connectivity index (χ0v) is 5.33. The Kier molecular flexibility index (Phi) is 2.89. The lowest BCUT2D eigenvalue weighted by atomic mass is 10.5. The molecule has 0 fully saturated rings. The van der Waals surface area contributed by atoms with E-state index in [1.807, 2.05) is 0 Å². The third kappa shape index (κ3) is 1.76. The SMILES string of the molecule is CSC(N)=C(N)C#N. The molecule has 4 N–H and O–H groups in total. The van der Waals surface area contributed by atoms with Crippen molar-refractivity contribution in [3.8, 4) is 6.07 Å². The molecule has 0 aromatic rings. The van der Waals surface area contributed by atoms with Crippen LogP contribution in [0.4, 0.5) is 0 Å². The van der Waals surface area contributed by atoms with Gasteiger partial charge < -0.3 is 11.5 Å². The molecule has 0 saturated carbocycles. The molecule has 0 spiro atoms. The van der Waals surface area contributed by atoms with Crippen LogP contribution in [0.5, 0.6) is 0 Å². The predicted molar refractivity (Wildman–Crippen MR) is 34.5 cm³/mol. The fraction of sp³-hybridized carbons (Fsp3) is 0.250. The molecule has 4 heteroatoms. The van der Waals surface area contributed by atoms with E-state index in [1.165, 1.54) is 11.8 Å². The fourth-order valence-electron chi connectivity index (χ4n) is 0.165. The maximum atomic E-state index is 8.11. The number of hydrogen-bond acceptors (Lipinski definition) is 4. The van der Waals surface area contributed by atoms with E-state index in [9.17, 15) is 0 Å². The van der Waals surface area contributed by atoms with Gasteiger partial charge in [0, 0.05) is 0 Å². The van der Waals surface area contributed by atoms with Gasteiger partial charge in [-0.15, -0.1) is 11.8 Å². The molecule has 8 heavy (non-hydrogen) atoms. The van der Waals surface area contributed by atoms with Gasteiger partial charge in [-0.2, -0.15) is 5.26 Å². The molecule has 0 aliphatic carbocycles. The van der Waals surface area contributed by atoms with Gasteiger partial charge in [0.25, 0.3) is 0 Å². The Morgan fingerprint density at radius 1 is 1.62 bits per heavy atom. The van der Waals surface area contributed by atoms with Crippen molar-refractivity contribution in [1.29, 1.82) is 5.26 Å². The molecule has 0 bridgehead atoms. The summed E-state index contributed by atoms with van der Waals surface area (Å²) in [5.41, 5.74) is 10.4. The van der Waals surface area contributed by atoms with Gasteiger partial charge in [0.05, 0.1) is 5.03 Å². The van der Waals surface area contributed by atoms with Crippen LogP contribution in [0.1, 0.15) is 0 Å². The van der Waals surface area contributed by atoms with Crippen LogP contribution in [0.15, 0.2) is 10.7 Å². The fourth-order valence-corrected chi connectivity index (χ4v) is 0.431. The van der Waals surface area contributed by atoms with Gasteiger partial charge in [-0.25, -0.2) is 0 Å². The first-order chi connectivity index (χ1) is 3.72. The molecule has 0 unspecified atom stereocenters. The summed E-state index contributed by atoms with van der Waals surface area (Å²) in [4.78, 5) is 0. The van der Waals surface area contributed by atoms with Crippen LogP contribution in [0.2, 0.25) is 0 Å². The summed E-state index contributed by atoms with van der Waals surface area (Å²) in [6, 6.07) is 1.73. The Balaban J connectivity index is 4.10. The van der Waals surface area contributed by atoms with E-state index >= 15 is 0 Å². The highest BCUT2D eigenvalue weighted by atomic mass is 32.2. The average Bonchev–Trinajstić information content (AvgIpc) is 1.84. The van der Waals surface area contributed by atoms with E-state index in [0.717, 1.165) is 0 Å². The molecule has 0 aromatic heterocycles. The summed E-state index contributed by atoms with van der Waals surface area (Å²) in [5.74, 6) is 0. The third-order valence-electron chi connectivity index (χ3n) is 0.606. The maximum Gasteiger partial charge on any atom is 0.140 e. The first-order valence-corrected chi connectivity index (χ1v) is 3.14. The lowest BCUT2D eigenvalue weighted by Gasteiger charge is -1.92. The lowest BCUT2D eigenvalue weighted by molar-refractivity contribution is 1.33. The highest BCUT2D eigenvalue weighted by Gasteiger charge is 1.91. The monoisotopic (exact) mass is 129 g/mol. The van der Waals surface area contributed by atoms with E-state index in [-0.39, 0.29) is 5.70 Å². The lowest BCUT2D eigenvalue weighted by Crippen LogP contribution is -2.04. The van der Waals surface area contributed by atoms with Crippen LogP contribution < -0.4 is 11.5 Å². The predicted octanol–water partition coefficient (Wildman–Crippen LogP) is -0.0405.